The van der Waals surface area contributed by atoms with Gasteiger partial charge in [0.1, 0.15) is 11.5 Å². The molecule has 4 aliphatic heterocycles. The van der Waals surface area contributed by atoms with Crippen LogP contribution in [0.25, 0.3) is 0 Å². The summed E-state index contributed by atoms with van der Waals surface area (Å²) in [5.74, 6) is 4.71. The van der Waals surface area contributed by atoms with Crippen molar-refractivity contribution >= 4 is 0 Å². The van der Waals surface area contributed by atoms with Gasteiger partial charge in [-0.2, -0.15) is 0 Å². The van der Waals surface area contributed by atoms with Gasteiger partial charge in [0.05, 0.1) is 13.7 Å². The van der Waals surface area contributed by atoms with E-state index in [1.165, 1.54) is 27.8 Å². The Morgan fingerprint density at radius 1 is 0.804 bits per heavy atom. The molecule has 4 aliphatic rings. The average molecular weight is 620 g/mol. The van der Waals surface area contributed by atoms with Gasteiger partial charge in [-0.25, -0.2) is 0 Å². The maximum absolute atomic E-state index is 6.98. The number of nitrogens with zero attached hydrogens (tertiary/aromatic N) is 2. The number of fused-ring (bicyclic) bond motifs is 2. The second-order valence-electron chi connectivity index (χ2n) is 13.0. The molecule has 0 saturated heterocycles. The van der Waals surface area contributed by atoms with Gasteiger partial charge >= 0.3 is 0 Å². The number of hydrogen-bond donors (Lipinski definition) is 1. The fourth-order valence-electron chi connectivity index (χ4n) is 7.37. The summed E-state index contributed by atoms with van der Waals surface area (Å²) in [6, 6.07) is 24.1. The first-order valence-corrected chi connectivity index (χ1v) is 16.6. The first-order chi connectivity index (χ1) is 22.4. The van der Waals surface area contributed by atoms with Crippen LogP contribution in [0.5, 0.6) is 34.5 Å². The molecule has 0 saturated carbocycles. The molecular formula is C39H45N3O4. The Bertz CT molecular complexity index is 1720. The number of benzene rings is 4. The minimum absolute atomic E-state index is 0.0831. The van der Waals surface area contributed by atoms with E-state index in [0.717, 1.165) is 85.1 Å². The highest BCUT2D eigenvalue weighted by Gasteiger charge is 2.33. The Balaban J connectivity index is 1.39. The SMILES string of the molecule is COc1c(C)cc2c3c1Oc1ccc4c(c1)[C@H](Cc1ccc(cc1)Oc1cc(ccc1OCCCN)C[C@H]3N(C)CC2)N(C)CC4. The third-order valence-corrected chi connectivity index (χ3v) is 9.93. The Kier molecular flexibility index (Phi) is 8.64. The van der Waals surface area contributed by atoms with Crippen LogP contribution in [0.4, 0.5) is 0 Å². The minimum Gasteiger partial charge on any atom is -0.493 e. The van der Waals surface area contributed by atoms with E-state index in [9.17, 15) is 0 Å². The molecule has 7 heteroatoms. The first kappa shape index (κ1) is 30.6. The van der Waals surface area contributed by atoms with Gasteiger partial charge in [-0.05, 0) is 129 Å². The lowest BCUT2D eigenvalue weighted by molar-refractivity contribution is 0.222. The standard InChI is InChI=1S/C39H45N3O4/c1-25-20-29-15-18-42(3)34-22-27-8-13-35(44-19-5-16-40)36(23-27)45-30-10-6-26(7-11-30)21-33-32-24-31(12-9-28(32)14-17-41(33)2)46-39(37(29)34)38(25)43-4/h6-13,20,23-24,33-34H,5,14-19,21-22,40H2,1-4H3/t33-,34+/m0/s1. The van der Waals surface area contributed by atoms with Gasteiger partial charge in [0.2, 0.25) is 0 Å². The topological polar surface area (TPSA) is 69.4 Å². The van der Waals surface area contributed by atoms with Crippen LogP contribution in [0.3, 0.4) is 0 Å². The van der Waals surface area contributed by atoms with E-state index in [4.69, 9.17) is 24.7 Å². The van der Waals surface area contributed by atoms with Crippen molar-refractivity contribution in [2.45, 2.75) is 51.1 Å². The average Bonchev–Trinajstić information content (AvgIpc) is 3.05. The molecule has 2 atom stereocenters. The molecule has 0 radical (unpaired) electrons. The lowest BCUT2D eigenvalue weighted by atomic mass is 9.86. The normalized spacial score (nSPS) is 19.3. The second-order valence-corrected chi connectivity index (χ2v) is 13.0. The Morgan fingerprint density at radius 2 is 1.52 bits per heavy atom. The van der Waals surface area contributed by atoms with Crippen molar-refractivity contribution in [3.8, 4) is 34.5 Å². The maximum Gasteiger partial charge on any atom is 0.174 e. The monoisotopic (exact) mass is 619 g/mol. The van der Waals surface area contributed by atoms with E-state index in [0.29, 0.717) is 18.9 Å². The highest BCUT2D eigenvalue weighted by molar-refractivity contribution is 5.59. The summed E-state index contributed by atoms with van der Waals surface area (Å²) >= 11 is 0. The van der Waals surface area contributed by atoms with Crippen LogP contribution in [-0.2, 0) is 25.7 Å². The van der Waals surface area contributed by atoms with Crippen molar-refractivity contribution in [2.24, 2.45) is 5.73 Å². The Morgan fingerprint density at radius 3 is 2.30 bits per heavy atom. The molecule has 0 amide bonds. The van der Waals surface area contributed by atoms with E-state index in [1.54, 1.807) is 7.11 Å². The van der Waals surface area contributed by atoms with Gasteiger partial charge in [-0.1, -0.05) is 30.3 Å². The van der Waals surface area contributed by atoms with E-state index in [-0.39, 0.29) is 12.1 Å². The molecule has 2 N–H and O–H groups in total. The molecule has 0 unspecified atom stereocenters. The molecule has 0 spiro atoms. The summed E-state index contributed by atoms with van der Waals surface area (Å²) in [4.78, 5) is 4.90. The summed E-state index contributed by atoms with van der Waals surface area (Å²) in [6.45, 7) is 5.23. The van der Waals surface area contributed by atoms with Crippen LogP contribution in [0, 0.1) is 6.92 Å². The number of likely N-dealkylation sites (N-methyl/N-ethyl adjacent to an activating group) is 2. The van der Waals surface area contributed by atoms with Gasteiger partial charge in [-0.15, -0.1) is 0 Å². The summed E-state index contributed by atoms with van der Waals surface area (Å²) in [7, 11) is 6.18. The van der Waals surface area contributed by atoms with Crippen molar-refractivity contribution in [3.05, 3.63) is 106 Å². The molecule has 0 aromatic heterocycles. The second kappa shape index (κ2) is 13.0. The highest BCUT2D eigenvalue weighted by atomic mass is 16.5. The van der Waals surface area contributed by atoms with Crippen LogP contribution in [0.1, 0.15) is 57.4 Å². The van der Waals surface area contributed by atoms with Crippen molar-refractivity contribution in [2.75, 3.05) is 47.4 Å². The zero-order chi connectivity index (χ0) is 31.8. The zero-order valence-corrected chi connectivity index (χ0v) is 27.5. The predicted molar refractivity (Wildman–Crippen MR) is 182 cm³/mol. The number of rotatable bonds is 5. The largest absolute Gasteiger partial charge is 0.493 e. The maximum atomic E-state index is 6.98. The van der Waals surface area contributed by atoms with Crippen LogP contribution >= 0.6 is 0 Å². The van der Waals surface area contributed by atoms with E-state index >= 15 is 0 Å². The van der Waals surface area contributed by atoms with Crippen LogP contribution in [0.15, 0.2) is 66.7 Å². The van der Waals surface area contributed by atoms with Gasteiger partial charge in [-0.3, -0.25) is 9.80 Å². The minimum atomic E-state index is 0.0831. The molecule has 0 aliphatic carbocycles. The van der Waals surface area contributed by atoms with Crippen LogP contribution in [0.2, 0.25) is 0 Å². The zero-order valence-electron chi connectivity index (χ0n) is 27.5. The summed E-state index contributed by atoms with van der Waals surface area (Å²) in [6.07, 6.45) is 4.44. The van der Waals surface area contributed by atoms with Crippen molar-refractivity contribution in [1.82, 2.24) is 9.80 Å². The molecule has 7 nitrogen and oxygen atoms in total. The van der Waals surface area contributed by atoms with Gasteiger partial charge in [0.15, 0.2) is 23.0 Å². The molecule has 6 bridgehead atoms. The fraction of sp³-hybridized carbons (Fsp3) is 0.385. The third-order valence-electron chi connectivity index (χ3n) is 9.93. The molecule has 4 aromatic carbocycles. The summed E-state index contributed by atoms with van der Waals surface area (Å²) < 4.78 is 25.8. The smallest absolute Gasteiger partial charge is 0.174 e. The van der Waals surface area contributed by atoms with Crippen LogP contribution in [-0.4, -0.2) is 57.2 Å². The number of nitrogens with two attached hydrogens (primary N) is 1. The van der Waals surface area contributed by atoms with E-state index in [2.05, 4.69) is 91.5 Å². The summed E-state index contributed by atoms with van der Waals surface area (Å²) in [5.41, 5.74) is 14.5. The number of hydrogen-bond acceptors (Lipinski definition) is 7. The van der Waals surface area contributed by atoms with E-state index in [1.807, 2.05) is 6.07 Å². The lowest BCUT2D eigenvalue weighted by Gasteiger charge is -2.37. The van der Waals surface area contributed by atoms with Gasteiger partial charge in [0.25, 0.3) is 0 Å². The van der Waals surface area contributed by atoms with Gasteiger partial charge < -0.3 is 24.7 Å². The molecule has 4 heterocycles. The van der Waals surface area contributed by atoms with Crippen LogP contribution < -0.4 is 24.7 Å². The number of aryl methyl sites for hydroxylation is 1. The Labute approximate surface area is 272 Å². The molecule has 46 heavy (non-hydrogen) atoms. The predicted octanol–water partition coefficient (Wildman–Crippen LogP) is 7.17. The van der Waals surface area contributed by atoms with E-state index < -0.39 is 0 Å². The Hall–Kier alpha value is -4.04. The summed E-state index contributed by atoms with van der Waals surface area (Å²) in [5, 5.41) is 0. The molecule has 8 rings (SSSR count). The van der Waals surface area contributed by atoms with Crippen molar-refractivity contribution in [3.63, 3.8) is 0 Å². The van der Waals surface area contributed by atoms with Crippen molar-refractivity contribution < 1.29 is 18.9 Å². The molecular weight excluding hydrogens is 574 g/mol. The number of methoxy groups -OCH3 is 1. The van der Waals surface area contributed by atoms with Gasteiger partial charge in [0, 0.05) is 30.7 Å². The third kappa shape index (κ3) is 5.95. The molecule has 4 aromatic rings. The van der Waals surface area contributed by atoms with Crippen molar-refractivity contribution in [1.29, 1.82) is 0 Å². The molecule has 0 fully saturated rings. The molecule has 240 valence electrons. The fourth-order valence-corrected chi connectivity index (χ4v) is 7.37. The number of ether oxygens (including phenoxy) is 4. The first-order valence-electron chi connectivity index (χ1n) is 16.6. The quantitative estimate of drug-likeness (QED) is 0.238. The highest BCUT2D eigenvalue weighted by Crippen LogP contribution is 2.48. The lowest BCUT2D eigenvalue weighted by Crippen LogP contribution is -2.34.